The molecule has 0 radical (unpaired) electrons. The van der Waals surface area contributed by atoms with Gasteiger partial charge in [0, 0.05) is 22.8 Å². The molecule has 0 fully saturated rings. The van der Waals surface area contributed by atoms with E-state index in [0.29, 0.717) is 0 Å². The van der Waals surface area contributed by atoms with E-state index < -0.39 is 0 Å². The number of aromatic nitrogens is 3. The van der Waals surface area contributed by atoms with E-state index in [1.807, 2.05) is 0 Å². The number of hydrogen-bond donors (Lipinski definition) is 0. The molecule has 0 N–H and O–H groups in total. The van der Waals surface area contributed by atoms with E-state index in [9.17, 15) is 0 Å². The van der Waals surface area contributed by atoms with Gasteiger partial charge in [0.1, 0.15) is 0 Å². The lowest BCUT2D eigenvalue weighted by atomic mass is 9.94. The predicted molar refractivity (Wildman–Crippen MR) is 246 cm³/mol. The SMILES string of the molecule is C1=C(c2ccc3c(c2)n2c4ccccc4nc2n3-c2ccccc2)CCC(N(c2ccccc2)c2ccc(-c3ccc(-c4ccc(-c5ccccc5)cc4)cc3)cc2)=C1. The van der Waals surface area contributed by atoms with Crippen molar-refractivity contribution >= 4 is 44.8 Å². The van der Waals surface area contributed by atoms with Crippen LogP contribution in [0, 0.1) is 0 Å². The predicted octanol–water partition coefficient (Wildman–Crippen LogP) is 14.3. The Bertz CT molecular complexity index is 3150. The first-order valence-electron chi connectivity index (χ1n) is 20.3. The van der Waals surface area contributed by atoms with Crippen molar-refractivity contribution in [2.75, 3.05) is 4.90 Å². The van der Waals surface area contributed by atoms with Crippen LogP contribution in [0.4, 0.5) is 11.4 Å². The van der Waals surface area contributed by atoms with Crippen LogP contribution in [-0.4, -0.2) is 14.0 Å². The van der Waals surface area contributed by atoms with Crippen LogP contribution in [-0.2, 0) is 0 Å². The third kappa shape index (κ3) is 6.32. The number of para-hydroxylation sites is 4. The van der Waals surface area contributed by atoms with Crippen molar-refractivity contribution in [1.29, 1.82) is 0 Å². The maximum absolute atomic E-state index is 5.10. The van der Waals surface area contributed by atoms with Crippen LogP contribution in [0.3, 0.4) is 0 Å². The van der Waals surface area contributed by atoms with E-state index in [1.165, 1.54) is 50.2 Å². The quantitative estimate of drug-likeness (QED) is 0.154. The molecule has 4 nitrogen and oxygen atoms in total. The lowest BCUT2D eigenvalue weighted by Gasteiger charge is -2.30. The van der Waals surface area contributed by atoms with Gasteiger partial charge < -0.3 is 4.90 Å². The van der Waals surface area contributed by atoms with Gasteiger partial charge in [0.2, 0.25) is 5.78 Å². The van der Waals surface area contributed by atoms with Crippen LogP contribution >= 0.6 is 0 Å². The molecule has 1 aliphatic rings. The first kappa shape index (κ1) is 34.5. The third-order valence-corrected chi connectivity index (χ3v) is 11.7. The Morgan fingerprint density at radius 3 is 1.51 bits per heavy atom. The molecule has 0 spiro atoms. The molecule has 280 valence electrons. The summed E-state index contributed by atoms with van der Waals surface area (Å²) in [4.78, 5) is 7.51. The molecule has 8 aromatic carbocycles. The average Bonchev–Trinajstić information content (AvgIpc) is 3.85. The number of anilines is 2. The fourth-order valence-electron chi connectivity index (χ4n) is 8.69. The molecular weight excluding hydrogens is 717 g/mol. The summed E-state index contributed by atoms with van der Waals surface area (Å²) < 4.78 is 4.59. The molecule has 11 rings (SSSR count). The van der Waals surface area contributed by atoms with Crippen LogP contribution in [0.15, 0.2) is 224 Å². The molecule has 0 unspecified atom stereocenters. The van der Waals surface area contributed by atoms with Crippen LogP contribution in [0.5, 0.6) is 0 Å². The Balaban J connectivity index is 0.891. The van der Waals surface area contributed by atoms with Crippen molar-refractivity contribution < 1.29 is 0 Å². The molecule has 1 aliphatic carbocycles. The normalized spacial score (nSPS) is 12.8. The van der Waals surface area contributed by atoms with Crippen LogP contribution in [0.1, 0.15) is 18.4 Å². The van der Waals surface area contributed by atoms with Gasteiger partial charge in [-0.15, -0.1) is 0 Å². The summed E-state index contributed by atoms with van der Waals surface area (Å²) >= 11 is 0. The Labute approximate surface area is 343 Å². The summed E-state index contributed by atoms with van der Waals surface area (Å²) in [6.45, 7) is 0. The Morgan fingerprint density at radius 2 is 0.898 bits per heavy atom. The van der Waals surface area contributed by atoms with E-state index >= 15 is 0 Å². The zero-order chi connectivity index (χ0) is 39.1. The smallest absolute Gasteiger partial charge is 0.220 e. The van der Waals surface area contributed by atoms with Crippen molar-refractivity contribution in [1.82, 2.24) is 14.0 Å². The molecule has 10 aromatic rings. The molecule has 2 aromatic heterocycles. The minimum absolute atomic E-state index is 0.919. The molecule has 0 aliphatic heterocycles. The van der Waals surface area contributed by atoms with Gasteiger partial charge in [0.25, 0.3) is 0 Å². The second-order valence-electron chi connectivity index (χ2n) is 15.2. The summed E-state index contributed by atoms with van der Waals surface area (Å²) in [5, 5.41) is 0. The van der Waals surface area contributed by atoms with E-state index in [0.717, 1.165) is 57.7 Å². The minimum atomic E-state index is 0.919. The van der Waals surface area contributed by atoms with Crippen LogP contribution < -0.4 is 4.90 Å². The van der Waals surface area contributed by atoms with Gasteiger partial charge in [-0.25, -0.2) is 4.98 Å². The zero-order valence-electron chi connectivity index (χ0n) is 32.5. The number of hydrogen-bond acceptors (Lipinski definition) is 2. The highest BCUT2D eigenvalue weighted by atomic mass is 15.2. The van der Waals surface area contributed by atoms with Gasteiger partial charge in [-0.05, 0) is 124 Å². The first-order chi connectivity index (χ1) is 29.2. The van der Waals surface area contributed by atoms with Gasteiger partial charge in [-0.1, -0.05) is 152 Å². The fraction of sp³-hybridized carbons (Fsp3) is 0.0364. The van der Waals surface area contributed by atoms with Crippen molar-refractivity contribution in [3.8, 4) is 39.1 Å². The van der Waals surface area contributed by atoms with Crippen molar-refractivity contribution in [2.24, 2.45) is 0 Å². The number of imidazole rings is 2. The number of rotatable bonds is 8. The van der Waals surface area contributed by atoms with Gasteiger partial charge in [0.15, 0.2) is 0 Å². The summed E-state index contributed by atoms with van der Waals surface area (Å²) in [5.74, 6) is 0.927. The second-order valence-corrected chi connectivity index (χ2v) is 15.2. The summed E-state index contributed by atoms with van der Waals surface area (Å²) in [5.41, 5.74) is 19.0. The number of nitrogens with zero attached hydrogens (tertiary/aromatic N) is 4. The van der Waals surface area contributed by atoms with Gasteiger partial charge in [-0.2, -0.15) is 0 Å². The van der Waals surface area contributed by atoms with Crippen molar-refractivity contribution in [3.05, 3.63) is 230 Å². The minimum Gasteiger partial charge on any atom is -0.314 e. The largest absolute Gasteiger partial charge is 0.314 e. The standard InChI is InChI=1S/C55H40N4/c1-4-12-39(13-5-1)40-20-22-41(23-21-40)42-24-26-43(27-25-42)44-28-33-49(34-29-44)57(47-14-6-2-7-15-47)50-35-30-45(31-36-50)46-32-37-53-54(38-46)59-52-19-11-10-18-51(52)56-55(59)58(53)48-16-8-3-9-17-48/h1-30,32-35,37-38H,31,36H2. The average molecular weight is 757 g/mol. The lowest BCUT2D eigenvalue weighted by Crippen LogP contribution is -2.17. The monoisotopic (exact) mass is 756 g/mol. The highest BCUT2D eigenvalue weighted by molar-refractivity contribution is 5.94. The van der Waals surface area contributed by atoms with Crippen molar-refractivity contribution in [2.45, 2.75) is 12.8 Å². The highest BCUT2D eigenvalue weighted by Crippen LogP contribution is 2.39. The summed E-state index contributed by atoms with van der Waals surface area (Å²) in [6, 6.07) is 73.9. The number of allylic oxidation sites excluding steroid dienone is 4. The highest BCUT2D eigenvalue weighted by Gasteiger charge is 2.21. The molecule has 2 heterocycles. The van der Waals surface area contributed by atoms with Gasteiger partial charge in [-0.3, -0.25) is 8.97 Å². The maximum Gasteiger partial charge on any atom is 0.220 e. The van der Waals surface area contributed by atoms with Crippen LogP contribution in [0.2, 0.25) is 0 Å². The summed E-state index contributed by atoms with van der Waals surface area (Å²) in [6.07, 6.45) is 6.49. The molecule has 0 amide bonds. The second kappa shape index (κ2) is 14.7. The van der Waals surface area contributed by atoms with Gasteiger partial charge >= 0.3 is 0 Å². The van der Waals surface area contributed by atoms with E-state index in [1.54, 1.807) is 0 Å². The molecule has 0 atom stereocenters. The Kier molecular flexibility index (Phi) is 8.59. The van der Waals surface area contributed by atoms with Crippen LogP contribution in [0.25, 0.3) is 72.5 Å². The molecule has 59 heavy (non-hydrogen) atoms. The first-order valence-corrected chi connectivity index (χ1v) is 20.3. The molecule has 4 heteroatoms. The number of benzene rings is 8. The fourth-order valence-corrected chi connectivity index (χ4v) is 8.69. The van der Waals surface area contributed by atoms with E-state index in [4.69, 9.17) is 4.98 Å². The Morgan fingerprint density at radius 1 is 0.390 bits per heavy atom. The third-order valence-electron chi connectivity index (χ3n) is 11.7. The molecule has 0 saturated heterocycles. The van der Waals surface area contributed by atoms with Crippen molar-refractivity contribution in [3.63, 3.8) is 0 Å². The molecular formula is C55H40N4. The van der Waals surface area contributed by atoms with E-state index in [-0.39, 0.29) is 0 Å². The topological polar surface area (TPSA) is 25.5 Å². The maximum atomic E-state index is 5.10. The molecule has 0 bridgehead atoms. The summed E-state index contributed by atoms with van der Waals surface area (Å²) in [7, 11) is 0. The van der Waals surface area contributed by atoms with E-state index in [2.05, 4.69) is 232 Å². The number of fused-ring (bicyclic) bond motifs is 5. The molecule has 0 saturated carbocycles. The zero-order valence-corrected chi connectivity index (χ0v) is 32.5. The van der Waals surface area contributed by atoms with Gasteiger partial charge in [0.05, 0.1) is 22.1 Å². The lowest BCUT2D eigenvalue weighted by molar-refractivity contribution is 0.930. The Hall–Kier alpha value is -7.69.